The van der Waals surface area contributed by atoms with E-state index < -0.39 is 10.0 Å². The summed E-state index contributed by atoms with van der Waals surface area (Å²) in [6.07, 6.45) is 4.97. The van der Waals surface area contributed by atoms with E-state index in [9.17, 15) is 8.42 Å². The highest BCUT2D eigenvalue weighted by Crippen LogP contribution is 2.26. The fourth-order valence-electron chi connectivity index (χ4n) is 3.04. The molecule has 7 heteroatoms. The lowest BCUT2D eigenvalue weighted by Crippen LogP contribution is -2.42. The third-order valence-corrected chi connectivity index (χ3v) is 6.63. The minimum atomic E-state index is -3.42. The van der Waals surface area contributed by atoms with Gasteiger partial charge in [0.1, 0.15) is 5.75 Å². The van der Waals surface area contributed by atoms with Crippen molar-refractivity contribution in [2.24, 2.45) is 11.7 Å². The molecule has 0 spiro atoms. The van der Waals surface area contributed by atoms with Gasteiger partial charge in [-0.05, 0) is 56.4 Å². The van der Waals surface area contributed by atoms with Gasteiger partial charge in [-0.15, -0.1) is 12.4 Å². The Morgan fingerprint density at radius 3 is 2.32 bits per heavy atom. The van der Waals surface area contributed by atoms with Crippen molar-refractivity contribution in [1.82, 2.24) is 4.31 Å². The summed E-state index contributed by atoms with van der Waals surface area (Å²) in [5.74, 6) is 1.14. The molecule has 2 rings (SSSR count). The third kappa shape index (κ3) is 6.13. The number of rotatable bonds is 8. The predicted octanol–water partition coefficient (Wildman–Crippen LogP) is 3.43. The topological polar surface area (TPSA) is 72.6 Å². The smallest absolute Gasteiger partial charge is 0.243 e. The van der Waals surface area contributed by atoms with Gasteiger partial charge in [0.05, 0.1) is 11.5 Å². The highest BCUT2D eigenvalue weighted by molar-refractivity contribution is 7.89. The lowest BCUT2D eigenvalue weighted by molar-refractivity contribution is 0.250. The second kappa shape index (κ2) is 10.4. The molecule has 1 fully saturated rings. The van der Waals surface area contributed by atoms with Crippen LogP contribution >= 0.6 is 12.4 Å². The van der Waals surface area contributed by atoms with E-state index in [1.165, 1.54) is 0 Å². The zero-order chi connectivity index (χ0) is 17.6. The first-order chi connectivity index (χ1) is 11.4. The summed E-state index contributed by atoms with van der Waals surface area (Å²) >= 11 is 0. The third-order valence-electron chi connectivity index (χ3n) is 4.72. The van der Waals surface area contributed by atoms with Crippen molar-refractivity contribution in [2.45, 2.75) is 56.9 Å². The Hall–Kier alpha value is -0.820. The predicted molar refractivity (Wildman–Crippen MR) is 104 cm³/mol. The van der Waals surface area contributed by atoms with Crippen molar-refractivity contribution in [3.63, 3.8) is 0 Å². The first kappa shape index (κ1) is 22.2. The van der Waals surface area contributed by atoms with Gasteiger partial charge in [0.25, 0.3) is 0 Å². The molecule has 5 nitrogen and oxygen atoms in total. The molecular formula is C18H31ClN2O3S. The van der Waals surface area contributed by atoms with Gasteiger partial charge in [-0.2, -0.15) is 4.31 Å². The average molecular weight is 391 g/mol. The van der Waals surface area contributed by atoms with E-state index in [1.807, 2.05) is 6.92 Å². The summed E-state index contributed by atoms with van der Waals surface area (Å²) in [5, 5.41) is 0. The lowest BCUT2D eigenvalue weighted by atomic mass is 9.92. The number of benzene rings is 1. The van der Waals surface area contributed by atoms with Crippen LogP contribution < -0.4 is 10.5 Å². The summed E-state index contributed by atoms with van der Waals surface area (Å²) in [6, 6.07) is 6.89. The van der Waals surface area contributed by atoms with E-state index in [-0.39, 0.29) is 18.4 Å². The molecule has 1 unspecified atom stereocenters. The molecule has 1 atom stereocenters. The molecule has 0 aliphatic carbocycles. The van der Waals surface area contributed by atoms with Crippen LogP contribution in [0.4, 0.5) is 0 Å². The van der Waals surface area contributed by atoms with Crippen LogP contribution in [0.1, 0.15) is 46.0 Å². The zero-order valence-electron chi connectivity index (χ0n) is 15.2. The van der Waals surface area contributed by atoms with Gasteiger partial charge < -0.3 is 10.5 Å². The number of piperidine rings is 1. The number of halogens is 1. The molecule has 0 bridgehead atoms. The number of sulfonamides is 1. The molecule has 0 saturated carbocycles. The molecule has 1 heterocycles. The molecule has 144 valence electrons. The minimum Gasteiger partial charge on any atom is -0.494 e. The molecule has 0 amide bonds. The largest absolute Gasteiger partial charge is 0.494 e. The van der Waals surface area contributed by atoms with Crippen LogP contribution in [0.2, 0.25) is 0 Å². The molecule has 0 radical (unpaired) electrons. The summed E-state index contributed by atoms with van der Waals surface area (Å²) in [7, 11) is -3.42. The van der Waals surface area contributed by atoms with Crippen LogP contribution in [-0.2, 0) is 10.0 Å². The van der Waals surface area contributed by atoms with E-state index >= 15 is 0 Å². The van der Waals surface area contributed by atoms with Gasteiger partial charge in [-0.25, -0.2) is 8.42 Å². The van der Waals surface area contributed by atoms with E-state index in [0.717, 1.165) is 37.9 Å². The fourth-order valence-corrected chi connectivity index (χ4v) is 4.51. The van der Waals surface area contributed by atoms with Crippen LogP contribution in [0.3, 0.4) is 0 Å². The Kier molecular flexibility index (Phi) is 9.21. The number of hydrogen-bond acceptors (Lipinski definition) is 4. The second-order valence-corrected chi connectivity index (χ2v) is 8.57. The molecule has 1 aromatic carbocycles. The molecular weight excluding hydrogens is 360 g/mol. The fraction of sp³-hybridized carbons (Fsp3) is 0.667. The Balaban J connectivity index is 0.00000312. The second-order valence-electron chi connectivity index (χ2n) is 6.63. The maximum Gasteiger partial charge on any atom is 0.243 e. The number of nitrogens with zero attached hydrogens (tertiary/aromatic N) is 1. The van der Waals surface area contributed by atoms with Crippen molar-refractivity contribution in [2.75, 3.05) is 19.7 Å². The highest BCUT2D eigenvalue weighted by Gasteiger charge is 2.30. The standard InChI is InChI=1S/C18H30N2O3S.ClH/c1-3-4-5-14-23-17-6-8-18(9-7-17)24(21,22)20-12-10-16(11-13-20)15(2)19;/h6-9,15-16H,3-5,10-14,19H2,1-2H3;1H. The SMILES string of the molecule is CCCCCOc1ccc(S(=O)(=O)N2CCC(C(C)N)CC2)cc1.Cl. The van der Waals surface area contributed by atoms with E-state index in [4.69, 9.17) is 10.5 Å². The Labute approximate surface area is 158 Å². The Bertz CT molecular complexity index is 597. The Morgan fingerprint density at radius 2 is 1.80 bits per heavy atom. The number of hydrogen-bond donors (Lipinski definition) is 1. The lowest BCUT2D eigenvalue weighted by Gasteiger charge is -2.32. The molecule has 2 N–H and O–H groups in total. The quantitative estimate of drug-likeness (QED) is 0.690. The maximum atomic E-state index is 12.7. The van der Waals surface area contributed by atoms with Crippen LogP contribution in [-0.4, -0.2) is 38.5 Å². The molecule has 1 aliphatic heterocycles. The zero-order valence-corrected chi connectivity index (χ0v) is 16.8. The van der Waals surface area contributed by atoms with Crippen molar-refractivity contribution >= 4 is 22.4 Å². The first-order valence-corrected chi connectivity index (χ1v) is 10.4. The average Bonchev–Trinajstić information content (AvgIpc) is 2.59. The summed E-state index contributed by atoms with van der Waals surface area (Å²) in [5.41, 5.74) is 5.93. The van der Waals surface area contributed by atoms with Crippen LogP contribution in [0.25, 0.3) is 0 Å². The first-order valence-electron chi connectivity index (χ1n) is 8.93. The van der Waals surface area contributed by atoms with E-state index in [0.29, 0.717) is 30.5 Å². The van der Waals surface area contributed by atoms with Gasteiger partial charge >= 0.3 is 0 Å². The van der Waals surface area contributed by atoms with Gasteiger partial charge in [-0.1, -0.05) is 19.8 Å². The highest BCUT2D eigenvalue weighted by atomic mass is 35.5. The van der Waals surface area contributed by atoms with Crippen molar-refractivity contribution in [3.8, 4) is 5.75 Å². The molecule has 1 aliphatic rings. The van der Waals surface area contributed by atoms with Crippen LogP contribution in [0, 0.1) is 5.92 Å². The van der Waals surface area contributed by atoms with Gasteiger partial charge in [-0.3, -0.25) is 0 Å². The van der Waals surface area contributed by atoms with Gasteiger partial charge in [0.15, 0.2) is 0 Å². The van der Waals surface area contributed by atoms with Crippen LogP contribution in [0.15, 0.2) is 29.2 Å². The molecule has 0 aromatic heterocycles. The van der Waals surface area contributed by atoms with Gasteiger partial charge in [0.2, 0.25) is 10.0 Å². The normalized spacial score (nSPS) is 17.7. The van der Waals surface area contributed by atoms with Crippen molar-refractivity contribution in [3.05, 3.63) is 24.3 Å². The number of ether oxygens (including phenoxy) is 1. The minimum absolute atomic E-state index is 0. The summed E-state index contributed by atoms with van der Waals surface area (Å²) < 4.78 is 32.7. The van der Waals surface area contributed by atoms with Crippen molar-refractivity contribution < 1.29 is 13.2 Å². The summed E-state index contributed by atoms with van der Waals surface area (Å²) in [6.45, 7) is 5.91. The molecule has 25 heavy (non-hydrogen) atoms. The van der Waals surface area contributed by atoms with E-state index in [1.54, 1.807) is 28.6 Å². The Morgan fingerprint density at radius 1 is 1.20 bits per heavy atom. The number of nitrogens with two attached hydrogens (primary N) is 1. The van der Waals surface area contributed by atoms with Gasteiger partial charge in [0, 0.05) is 19.1 Å². The van der Waals surface area contributed by atoms with Crippen molar-refractivity contribution in [1.29, 1.82) is 0 Å². The number of unbranched alkanes of at least 4 members (excludes halogenated alkanes) is 2. The maximum absolute atomic E-state index is 12.7. The summed E-state index contributed by atoms with van der Waals surface area (Å²) in [4.78, 5) is 0.336. The molecule has 1 saturated heterocycles. The van der Waals surface area contributed by atoms with E-state index in [2.05, 4.69) is 6.92 Å². The molecule has 1 aromatic rings. The van der Waals surface area contributed by atoms with Crippen LogP contribution in [0.5, 0.6) is 5.75 Å². The monoisotopic (exact) mass is 390 g/mol.